The molecule has 0 amide bonds. The summed E-state index contributed by atoms with van der Waals surface area (Å²) < 4.78 is 29.2. The summed E-state index contributed by atoms with van der Waals surface area (Å²) in [6.45, 7) is 4.22. The second-order valence-corrected chi connectivity index (χ2v) is 12.1. The summed E-state index contributed by atoms with van der Waals surface area (Å²) in [7, 11) is 3.96. The Labute approximate surface area is 199 Å². The lowest BCUT2D eigenvalue weighted by molar-refractivity contribution is -0.870. The van der Waals surface area contributed by atoms with E-state index in [0.717, 1.165) is 6.42 Å². The van der Waals surface area contributed by atoms with Gasteiger partial charge in [0, 0.05) is 13.7 Å². The molecule has 7 heteroatoms. The fourth-order valence-electron chi connectivity index (χ4n) is 3.58. The highest BCUT2D eigenvalue weighted by molar-refractivity contribution is 7.52. The normalized spacial score (nSPS) is 15.1. The number of methoxy groups -OCH3 is 1. The number of likely N-dealkylation sites (N-methyl/N-ethyl adjacent to an activating group) is 1. The third-order valence-electron chi connectivity index (χ3n) is 5.77. The summed E-state index contributed by atoms with van der Waals surface area (Å²) in [5.74, 6) is 0. The van der Waals surface area contributed by atoms with Crippen LogP contribution in [0.15, 0.2) is 0 Å². The molecular weight excluding hydrogens is 425 g/mol. The molecule has 0 fully saturated rings. The standard InChI is InChI=1S/C25H54NO5P/c1-6-7-8-9-10-11-12-13-14-15-16-17-18-19-21-30-23-25(29-5)24-32(27,28)31-22-20-26(2,3)4/h25H,6-24H2,1-5H3/p+1. The van der Waals surface area contributed by atoms with Gasteiger partial charge in [0.1, 0.15) is 13.2 Å². The molecule has 0 aliphatic rings. The van der Waals surface area contributed by atoms with Crippen LogP contribution in [0, 0.1) is 0 Å². The lowest BCUT2D eigenvalue weighted by Crippen LogP contribution is -2.37. The van der Waals surface area contributed by atoms with Gasteiger partial charge in [0.05, 0.1) is 40.0 Å². The van der Waals surface area contributed by atoms with Crippen LogP contribution in [0.2, 0.25) is 0 Å². The first-order valence-electron chi connectivity index (χ1n) is 13.1. The molecular formula is C25H55NO5P+. The van der Waals surface area contributed by atoms with Gasteiger partial charge in [-0.3, -0.25) is 4.57 Å². The highest BCUT2D eigenvalue weighted by Gasteiger charge is 2.26. The van der Waals surface area contributed by atoms with E-state index in [2.05, 4.69) is 6.92 Å². The highest BCUT2D eigenvalue weighted by Crippen LogP contribution is 2.42. The number of hydrogen-bond donors (Lipinski definition) is 1. The van der Waals surface area contributed by atoms with Crippen molar-refractivity contribution >= 4 is 7.60 Å². The third kappa shape index (κ3) is 23.2. The molecule has 32 heavy (non-hydrogen) atoms. The van der Waals surface area contributed by atoms with Gasteiger partial charge in [0.25, 0.3) is 0 Å². The Morgan fingerprint density at radius 2 is 1.25 bits per heavy atom. The molecule has 0 saturated heterocycles. The van der Waals surface area contributed by atoms with Crippen molar-refractivity contribution < 1.29 is 27.9 Å². The van der Waals surface area contributed by atoms with Crippen molar-refractivity contribution in [3.05, 3.63) is 0 Å². The summed E-state index contributed by atoms with van der Waals surface area (Å²) in [5, 5.41) is 0. The zero-order valence-corrected chi connectivity index (χ0v) is 22.9. The zero-order chi connectivity index (χ0) is 24.1. The Morgan fingerprint density at radius 1 is 0.781 bits per heavy atom. The number of quaternary nitrogens is 1. The number of hydrogen-bond acceptors (Lipinski definition) is 4. The van der Waals surface area contributed by atoms with E-state index in [1.807, 2.05) is 21.1 Å². The first-order chi connectivity index (χ1) is 15.2. The van der Waals surface area contributed by atoms with Crippen molar-refractivity contribution in [2.45, 2.75) is 103 Å². The lowest BCUT2D eigenvalue weighted by Gasteiger charge is -2.25. The molecule has 0 heterocycles. The molecule has 0 aromatic carbocycles. The van der Waals surface area contributed by atoms with Gasteiger partial charge in [-0.15, -0.1) is 0 Å². The van der Waals surface area contributed by atoms with Crippen molar-refractivity contribution in [1.29, 1.82) is 0 Å². The van der Waals surface area contributed by atoms with Crippen LogP contribution in [-0.2, 0) is 18.6 Å². The summed E-state index contributed by atoms with van der Waals surface area (Å²) >= 11 is 0. The van der Waals surface area contributed by atoms with E-state index in [1.165, 1.54) is 83.5 Å². The minimum atomic E-state index is -3.66. The van der Waals surface area contributed by atoms with Crippen LogP contribution in [0.5, 0.6) is 0 Å². The van der Waals surface area contributed by atoms with Gasteiger partial charge in [-0.2, -0.15) is 0 Å². The highest BCUT2D eigenvalue weighted by atomic mass is 31.2. The first-order valence-corrected chi connectivity index (χ1v) is 14.8. The van der Waals surface area contributed by atoms with E-state index < -0.39 is 13.7 Å². The van der Waals surface area contributed by atoms with Gasteiger partial charge < -0.3 is 23.4 Å². The van der Waals surface area contributed by atoms with E-state index in [0.29, 0.717) is 24.2 Å². The van der Waals surface area contributed by atoms with Gasteiger partial charge in [0.2, 0.25) is 0 Å². The first kappa shape index (κ1) is 32.0. The van der Waals surface area contributed by atoms with Crippen molar-refractivity contribution in [2.24, 2.45) is 0 Å². The van der Waals surface area contributed by atoms with Crippen molar-refractivity contribution in [2.75, 3.05) is 60.8 Å². The van der Waals surface area contributed by atoms with Crippen LogP contribution in [0.3, 0.4) is 0 Å². The third-order valence-corrected chi connectivity index (χ3v) is 7.22. The van der Waals surface area contributed by atoms with Gasteiger partial charge in [-0.25, -0.2) is 0 Å². The van der Waals surface area contributed by atoms with Crippen LogP contribution in [0.25, 0.3) is 0 Å². The van der Waals surface area contributed by atoms with Crippen LogP contribution >= 0.6 is 7.60 Å². The summed E-state index contributed by atoms with van der Waals surface area (Å²) in [5.41, 5.74) is 0. The predicted octanol–water partition coefficient (Wildman–Crippen LogP) is 6.41. The van der Waals surface area contributed by atoms with Gasteiger partial charge >= 0.3 is 7.60 Å². The summed E-state index contributed by atoms with van der Waals surface area (Å²) in [6, 6.07) is 0. The minimum Gasteiger partial charge on any atom is -0.379 e. The largest absolute Gasteiger partial charge is 0.379 e. The van der Waals surface area contributed by atoms with Gasteiger partial charge in [-0.1, -0.05) is 90.4 Å². The van der Waals surface area contributed by atoms with Crippen LogP contribution < -0.4 is 0 Å². The molecule has 0 aliphatic heterocycles. The van der Waals surface area contributed by atoms with Gasteiger partial charge in [0.15, 0.2) is 0 Å². The number of nitrogens with zero attached hydrogens (tertiary/aromatic N) is 1. The molecule has 0 aromatic heterocycles. The maximum Gasteiger partial charge on any atom is 0.331 e. The minimum absolute atomic E-state index is 0.0284. The fraction of sp³-hybridized carbons (Fsp3) is 1.00. The zero-order valence-electron chi connectivity index (χ0n) is 22.0. The molecule has 194 valence electrons. The van der Waals surface area contributed by atoms with E-state index in [1.54, 1.807) is 7.11 Å². The smallest absolute Gasteiger partial charge is 0.331 e. The quantitative estimate of drug-likeness (QED) is 0.0983. The molecule has 1 N–H and O–H groups in total. The Hall–Kier alpha value is 0.0300. The van der Waals surface area contributed by atoms with Crippen LogP contribution in [0.4, 0.5) is 0 Å². The van der Waals surface area contributed by atoms with Crippen LogP contribution in [-0.4, -0.2) is 76.3 Å². The molecule has 0 rings (SSSR count). The van der Waals surface area contributed by atoms with E-state index in [-0.39, 0.29) is 12.8 Å². The molecule has 2 atom stereocenters. The Kier molecular flexibility index (Phi) is 20.4. The Morgan fingerprint density at radius 3 is 1.69 bits per heavy atom. The monoisotopic (exact) mass is 480 g/mol. The van der Waals surface area contributed by atoms with Crippen molar-refractivity contribution in [3.63, 3.8) is 0 Å². The molecule has 0 aliphatic carbocycles. The summed E-state index contributed by atoms with van der Waals surface area (Å²) in [4.78, 5) is 10.0. The lowest BCUT2D eigenvalue weighted by atomic mass is 10.0. The number of unbranched alkanes of at least 4 members (excludes halogenated alkanes) is 13. The second-order valence-electron chi connectivity index (χ2n) is 10.2. The molecule has 2 unspecified atom stereocenters. The van der Waals surface area contributed by atoms with Crippen molar-refractivity contribution in [1.82, 2.24) is 0 Å². The molecule has 0 aromatic rings. The predicted molar refractivity (Wildman–Crippen MR) is 135 cm³/mol. The SMILES string of the molecule is CCCCCCCCCCCCCCCCOCC(CP(=O)(O)OCC[N+](C)(C)C)OC. The van der Waals surface area contributed by atoms with Crippen LogP contribution in [0.1, 0.15) is 96.8 Å². The van der Waals surface area contributed by atoms with E-state index in [9.17, 15) is 9.46 Å². The maximum atomic E-state index is 12.2. The average Bonchev–Trinajstić information content (AvgIpc) is 2.71. The molecule has 0 bridgehead atoms. The molecule has 6 nitrogen and oxygen atoms in total. The van der Waals surface area contributed by atoms with Crippen molar-refractivity contribution in [3.8, 4) is 0 Å². The second kappa shape index (κ2) is 20.4. The number of ether oxygens (including phenoxy) is 2. The molecule has 0 radical (unpaired) electrons. The van der Waals surface area contributed by atoms with E-state index >= 15 is 0 Å². The number of rotatable bonds is 24. The Balaban J connectivity index is 3.55. The maximum absolute atomic E-state index is 12.2. The van der Waals surface area contributed by atoms with E-state index in [4.69, 9.17) is 14.0 Å². The molecule has 0 spiro atoms. The Bertz CT molecular complexity index is 456. The van der Waals surface area contributed by atoms with Gasteiger partial charge in [-0.05, 0) is 6.42 Å². The topological polar surface area (TPSA) is 65.0 Å². The summed E-state index contributed by atoms with van der Waals surface area (Å²) in [6.07, 6.45) is 18.3. The fourth-order valence-corrected chi connectivity index (χ4v) is 4.82. The molecule has 0 saturated carbocycles. The average molecular weight is 481 g/mol.